The van der Waals surface area contributed by atoms with Gasteiger partial charge in [-0.2, -0.15) is 8.15 Å². The van der Waals surface area contributed by atoms with Gasteiger partial charge in [-0.15, -0.1) is 0 Å². The largest absolute Gasteiger partial charge is 0.563 e. The van der Waals surface area contributed by atoms with Crippen molar-refractivity contribution in [3.05, 3.63) is 42.0 Å². The minimum absolute atomic E-state index is 0.115. The minimum atomic E-state index is -4.05. The molecule has 0 saturated carbocycles. The fourth-order valence-corrected chi connectivity index (χ4v) is 2.84. The molecule has 0 N–H and O–H groups in total. The molecule has 0 aromatic heterocycles. The summed E-state index contributed by atoms with van der Waals surface area (Å²) in [5, 5.41) is 1.70. The van der Waals surface area contributed by atoms with Gasteiger partial charge in [0.15, 0.2) is 0 Å². The van der Waals surface area contributed by atoms with Gasteiger partial charge in [-0.05, 0) is 22.4 Å². The molecule has 0 aliphatic rings. The number of rotatable bonds is 4. The second kappa shape index (κ2) is 6.15. The number of halogens is 2. The Morgan fingerprint density at radius 2 is 1.67 bits per heavy atom. The third kappa shape index (κ3) is 3.71. The van der Waals surface area contributed by atoms with Crippen LogP contribution in [0.4, 0.5) is 0 Å². The van der Waals surface area contributed by atoms with Crippen molar-refractivity contribution in [1.29, 1.82) is 0 Å². The number of fused-ring (bicyclic) bond motifs is 1. The summed E-state index contributed by atoms with van der Waals surface area (Å²) in [4.78, 5) is 0. The van der Waals surface area contributed by atoms with Crippen LogP contribution in [0.3, 0.4) is 0 Å². The molecular weight excluding hydrogens is 334 g/mol. The SMILES string of the molecule is CC(C)(C)c1cc(OP(=O)(OCl)OCl)c2ccccc2c1. The highest BCUT2D eigenvalue weighted by Crippen LogP contribution is 2.53. The topological polar surface area (TPSA) is 44.8 Å². The Hall–Kier alpha value is -0.770. The first-order chi connectivity index (χ1) is 9.79. The molecule has 0 fully saturated rings. The second-order valence-corrected chi connectivity index (χ2v) is 7.80. The van der Waals surface area contributed by atoms with Gasteiger partial charge in [0.25, 0.3) is 0 Å². The minimum Gasteiger partial charge on any atom is -0.402 e. The Balaban J connectivity index is 2.63. The first kappa shape index (κ1) is 16.6. The Kier molecular flexibility index (Phi) is 4.86. The highest BCUT2D eigenvalue weighted by molar-refractivity contribution is 7.50. The van der Waals surface area contributed by atoms with Crippen molar-refractivity contribution in [2.75, 3.05) is 0 Å². The molecule has 0 aliphatic carbocycles. The van der Waals surface area contributed by atoms with Crippen LogP contribution in [0.5, 0.6) is 5.75 Å². The molecule has 4 nitrogen and oxygen atoms in total. The first-order valence-electron chi connectivity index (χ1n) is 6.23. The van der Waals surface area contributed by atoms with Crippen LogP contribution in [0.2, 0.25) is 0 Å². The van der Waals surface area contributed by atoms with E-state index in [-0.39, 0.29) is 5.41 Å². The van der Waals surface area contributed by atoms with E-state index in [2.05, 4.69) is 35.0 Å². The highest BCUT2D eigenvalue weighted by Gasteiger charge is 2.30. The third-order valence-electron chi connectivity index (χ3n) is 3.07. The number of benzene rings is 2. The summed E-state index contributed by atoms with van der Waals surface area (Å²) in [5.41, 5.74) is 0.891. The van der Waals surface area contributed by atoms with Crippen LogP contribution in [0.15, 0.2) is 36.4 Å². The van der Waals surface area contributed by atoms with E-state index in [1.54, 1.807) is 6.07 Å². The van der Waals surface area contributed by atoms with Crippen LogP contribution >= 0.6 is 31.6 Å². The maximum Gasteiger partial charge on any atom is 0.563 e. The predicted octanol–water partition coefficient (Wildman–Crippen LogP) is 5.97. The molecule has 21 heavy (non-hydrogen) atoms. The Bertz CT molecular complexity index is 689. The van der Waals surface area contributed by atoms with Gasteiger partial charge in [0.1, 0.15) is 5.75 Å². The van der Waals surface area contributed by atoms with Crippen molar-refractivity contribution in [3.63, 3.8) is 0 Å². The lowest BCUT2D eigenvalue weighted by molar-refractivity contribution is 0.319. The molecule has 114 valence electrons. The predicted molar refractivity (Wildman–Crippen MR) is 84.8 cm³/mol. The average Bonchev–Trinajstić information content (AvgIpc) is 2.46. The first-order valence-corrected chi connectivity index (χ1v) is 8.30. The van der Waals surface area contributed by atoms with Crippen LogP contribution in [0, 0.1) is 0 Å². The van der Waals surface area contributed by atoms with E-state index in [9.17, 15) is 4.57 Å². The highest BCUT2D eigenvalue weighted by atomic mass is 35.5. The van der Waals surface area contributed by atoms with Crippen molar-refractivity contribution >= 4 is 42.3 Å². The van der Waals surface area contributed by atoms with Gasteiger partial charge >= 0.3 is 7.82 Å². The molecule has 0 amide bonds. The lowest BCUT2D eigenvalue weighted by Gasteiger charge is -2.22. The summed E-state index contributed by atoms with van der Waals surface area (Å²) in [6.07, 6.45) is 0. The summed E-state index contributed by atoms with van der Waals surface area (Å²) in [7, 11) is -4.05. The van der Waals surface area contributed by atoms with Gasteiger partial charge in [-0.25, -0.2) is 4.57 Å². The Morgan fingerprint density at radius 3 is 2.24 bits per heavy atom. The van der Waals surface area contributed by atoms with Crippen molar-refractivity contribution in [3.8, 4) is 5.75 Å². The second-order valence-electron chi connectivity index (χ2n) is 5.62. The molecule has 0 unspecified atom stereocenters. The van der Waals surface area contributed by atoms with E-state index in [0.29, 0.717) is 5.75 Å². The van der Waals surface area contributed by atoms with Crippen LogP contribution in [0.25, 0.3) is 10.8 Å². The fourth-order valence-electron chi connectivity index (χ4n) is 1.94. The van der Waals surface area contributed by atoms with Crippen LogP contribution < -0.4 is 4.52 Å². The molecule has 2 rings (SSSR count). The van der Waals surface area contributed by atoms with Crippen LogP contribution in [-0.2, 0) is 18.1 Å². The molecular formula is C14H15Cl2O4P. The maximum absolute atomic E-state index is 12.0. The summed E-state index contributed by atoms with van der Waals surface area (Å²) < 4.78 is 25.7. The van der Waals surface area contributed by atoms with E-state index < -0.39 is 7.82 Å². The molecule has 0 bridgehead atoms. The van der Waals surface area contributed by atoms with Gasteiger partial charge in [-0.1, -0.05) is 51.1 Å². The number of hydrogen-bond acceptors (Lipinski definition) is 4. The molecule has 0 aliphatic heterocycles. The van der Waals surface area contributed by atoms with E-state index in [4.69, 9.17) is 28.3 Å². The van der Waals surface area contributed by atoms with E-state index >= 15 is 0 Å². The van der Waals surface area contributed by atoms with Crippen LogP contribution in [0.1, 0.15) is 26.3 Å². The standard InChI is InChI=1S/C14H15Cl2O4P/c1-14(2,3)11-8-10-6-4-5-7-12(10)13(9-11)18-21(17,19-15)20-16/h4-9H,1-3H3. The van der Waals surface area contributed by atoms with E-state index in [1.165, 1.54) is 0 Å². The maximum atomic E-state index is 12.0. The van der Waals surface area contributed by atoms with Crippen LogP contribution in [-0.4, -0.2) is 0 Å². The van der Waals surface area contributed by atoms with E-state index in [1.807, 2.05) is 24.3 Å². The zero-order valence-electron chi connectivity index (χ0n) is 11.8. The third-order valence-corrected chi connectivity index (χ3v) is 4.84. The fraction of sp³-hybridized carbons (Fsp3) is 0.286. The van der Waals surface area contributed by atoms with Gasteiger partial charge < -0.3 is 4.52 Å². The Labute approximate surface area is 133 Å². The summed E-state index contributed by atoms with van der Waals surface area (Å²) in [6.45, 7) is 6.20. The lowest BCUT2D eigenvalue weighted by Crippen LogP contribution is -2.11. The van der Waals surface area contributed by atoms with Crippen molar-refractivity contribution in [2.45, 2.75) is 26.2 Å². The molecule has 0 atom stereocenters. The molecule has 0 spiro atoms. The number of hydrogen-bond donors (Lipinski definition) is 0. The van der Waals surface area contributed by atoms with Gasteiger partial charge in [0.2, 0.25) is 0 Å². The van der Waals surface area contributed by atoms with Gasteiger partial charge in [0, 0.05) is 5.39 Å². The Morgan fingerprint density at radius 1 is 1.05 bits per heavy atom. The summed E-state index contributed by atoms with van der Waals surface area (Å²) in [6, 6.07) is 11.4. The molecule has 2 aromatic rings. The smallest absolute Gasteiger partial charge is 0.402 e. The van der Waals surface area contributed by atoms with Crippen molar-refractivity contribution in [2.24, 2.45) is 0 Å². The molecule has 7 heteroatoms. The summed E-state index contributed by atoms with van der Waals surface area (Å²) >= 11 is 10.3. The lowest BCUT2D eigenvalue weighted by atomic mass is 9.85. The average molecular weight is 349 g/mol. The van der Waals surface area contributed by atoms with E-state index in [0.717, 1.165) is 16.3 Å². The molecule has 2 aromatic carbocycles. The van der Waals surface area contributed by atoms with Gasteiger partial charge in [0.05, 0.1) is 23.7 Å². The van der Waals surface area contributed by atoms with Crippen molar-refractivity contribution in [1.82, 2.24) is 0 Å². The summed E-state index contributed by atoms with van der Waals surface area (Å²) in [5.74, 6) is 0.336. The quantitative estimate of drug-likeness (QED) is 0.639. The van der Waals surface area contributed by atoms with Crippen molar-refractivity contribution < 1.29 is 17.2 Å². The molecule has 0 heterocycles. The monoisotopic (exact) mass is 348 g/mol. The number of phosphoric acid groups is 1. The molecule has 0 saturated heterocycles. The van der Waals surface area contributed by atoms with Gasteiger partial charge in [-0.3, -0.25) is 0 Å². The normalized spacial score (nSPS) is 12.6. The zero-order valence-corrected chi connectivity index (χ0v) is 14.2. The zero-order chi connectivity index (χ0) is 15.7. The molecule has 0 radical (unpaired) electrons.